The Bertz CT molecular complexity index is 656. The quantitative estimate of drug-likeness (QED) is 0.566. The van der Waals surface area contributed by atoms with Crippen molar-refractivity contribution in [2.45, 2.75) is 32.2 Å². The van der Waals surface area contributed by atoms with Gasteiger partial charge in [-0.2, -0.15) is 0 Å². The van der Waals surface area contributed by atoms with E-state index in [-0.39, 0.29) is 17.2 Å². The van der Waals surface area contributed by atoms with Gasteiger partial charge in [-0.3, -0.25) is 19.7 Å². The summed E-state index contributed by atoms with van der Waals surface area (Å²) in [5.41, 5.74) is 0.0184. The van der Waals surface area contributed by atoms with Crippen LogP contribution in [0.5, 0.6) is 0 Å². The molecule has 0 radical (unpaired) electrons. The Hall–Kier alpha value is -2.48. The average Bonchev–Trinajstić information content (AvgIpc) is 2.66. The first-order valence-corrected chi connectivity index (χ1v) is 8.91. The number of benzene rings is 1. The van der Waals surface area contributed by atoms with Crippen molar-refractivity contribution in [2.24, 2.45) is 5.92 Å². The summed E-state index contributed by atoms with van der Waals surface area (Å²) in [5, 5.41) is 16.6. The van der Waals surface area contributed by atoms with Crippen LogP contribution >= 0.6 is 0 Å². The SMILES string of the molecule is CNCCC1CCN(C(=O)C(C)NC(=O)c2cccc([N+](=O)[O-])c2)CC1. The molecule has 1 saturated heterocycles. The van der Waals surface area contributed by atoms with Crippen molar-refractivity contribution in [1.82, 2.24) is 15.5 Å². The van der Waals surface area contributed by atoms with Crippen molar-refractivity contribution in [3.8, 4) is 0 Å². The Morgan fingerprint density at radius 1 is 1.35 bits per heavy atom. The van der Waals surface area contributed by atoms with Crippen LogP contribution in [0.15, 0.2) is 24.3 Å². The normalized spacial score (nSPS) is 16.2. The first kappa shape index (κ1) is 19.8. The fraction of sp³-hybridized carbons (Fsp3) is 0.556. The maximum Gasteiger partial charge on any atom is 0.270 e. The number of nitrogens with zero attached hydrogens (tertiary/aromatic N) is 2. The van der Waals surface area contributed by atoms with Crippen molar-refractivity contribution in [2.75, 3.05) is 26.7 Å². The van der Waals surface area contributed by atoms with Crippen LogP contribution in [0.1, 0.15) is 36.5 Å². The van der Waals surface area contributed by atoms with Gasteiger partial charge in [-0.25, -0.2) is 0 Å². The van der Waals surface area contributed by atoms with Crippen LogP contribution in [-0.2, 0) is 4.79 Å². The third kappa shape index (κ3) is 5.26. The van der Waals surface area contributed by atoms with Crippen molar-refractivity contribution in [3.63, 3.8) is 0 Å². The van der Waals surface area contributed by atoms with Gasteiger partial charge in [0.1, 0.15) is 6.04 Å². The molecular weight excluding hydrogens is 336 g/mol. The Morgan fingerprint density at radius 3 is 2.65 bits per heavy atom. The summed E-state index contributed by atoms with van der Waals surface area (Å²) in [6, 6.07) is 4.81. The second-order valence-corrected chi connectivity index (χ2v) is 6.66. The molecule has 1 atom stereocenters. The van der Waals surface area contributed by atoms with Gasteiger partial charge in [0.15, 0.2) is 0 Å². The zero-order valence-corrected chi connectivity index (χ0v) is 15.2. The molecule has 142 valence electrons. The number of carbonyl (C=O) groups excluding carboxylic acids is 2. The van der Waals surface area contributed by atoms with Crippen LogP contribution in [0, 0.1) is 16.0 Å². The molecule has 1 aliphatic heterocycles. The van der Waals surface area contributed by atoms with Gasteiger partial charge in [0.05, 0.1) is 4.92 Å². The zero-order chi connectivity index (χ0) is 19.1. The summed E-state index contributed by atoms with van der Waals surface area (Å²) in [6.07, 6.45) is 3.05. The number of carbonyl (C=O) groups is 2. The van der Waals surface area contributed by atoms with E-state index in [0.29, 0.717) is 19.0 Å². The maximum atomic E-state index is 12.6. The molecule has 2 amide bonds. The Kier molecular flexibility index (Phi) is 7.08. The van der Waals surface area contributed by atoms with Crippen molar-refractivity contribution in [1.29, 1.82) is 0 Å². The lowest BCUT2D eigenvalue weighted by atomic mass is 9.93. The molecule has 2 rings (SSSR count). The molecule has 1 aromatic carbocycles. The predicted molar refractivity (Wildman–Crippen MR) is 97.9 cm³/mol. The molecule has 8 nitrogen and oxygen atoms in total. The Morgan fingerprint density at radius 2 is 2.04 bits per heavy atom. The van der Waals surface area contributed by atoms with E-state index in [9.17, 15) is 19.7 Å². The number of non-ortho nitro benzene ring substituents is 1. The van der Waals surface area contributed by atoms with Crippen LogP contribution in [0.25, 0.3) is 0 Å². The van der Waals surface area contributed by atoms with E-state index in [2.05, 4.69) is 10.6 Å². The molecular formula is C18H26N4O4. The molecule has 1 fully saturated rings. The second kappa shape index (κ2) is 9.28. The highest BCUT2D eigenvalue weighted by atomic mass is 16.6. The summed E-state index contributed by atoms with van der Waals surface area (Å²) in [4.78, 5) is 36.9. The molecule has 26 heavy (non-hydrogen) atoms. The summed E-state index contributed by atoms with van der Waals surface area (Å²) in [6.45, 7) is 4.02. The van der Waals surface area contributed by atoms with Crippen LogP contribution in [0.3, 0.4) is 0 Å². The van der Waals surface area contributed by atoms with Crippen LogP contribution < -0.4 is 10.6 Å². The number of nitro groups is 1. The highest BCUT2D eigenvalue weighted by Gasteiger charge is 2.27. The highest BCUT2D eigenvalue weighted by Crippen LogP contribution is 2.20. The lowest BCUT2D eigenvalue weighted by Crippen LogP contribution is -2.49. The minimum atomic E-state index is -0.671. The first-order valence-electron chi connectivity index (χ1n) is 8.91. The van der Waals surface area contributed by atoms with Crippen LogP contribution in [0.4, 0.5) is 5.69 Å². The molecule has 1 heterocycles. The first-order chi connectivity index (χ1) is 12.4. The molecule has 1 aliphatic rings. The fourth-order valence-corrected chi connectivity index (χ4v) is 3.17. The minimum Gasteiger partial charge on any atom is -0.341 e. The van der Waals surface area contributed by atoms with E-state index in [1.165, 1.54) is 24.3 Å². The van der Waals surface area contributed by atoms with Crippen molar-refractivity contribution >= 4 is 17.5 Å². The lowest BCUT2D eigenvalue weighted by Gasteiger charge is -2.33. The largest absolute Gasteiger partial charge is 0.341 e. The second-order valence-electron chi connectivity index (χ2n) is 6.66. The van der Waals surface area contributed by atoms with Gasteiger partial charge in [0.2, 0.25) is 5.91 Å². The van der Waals surface area contributed by atoms with Gasteiger partial charge < -0.3 is 15.5 Å². The molecule has 2 N–H and O–H groups in total. The van der Waals surface area contributed by atoms with Gasteiger partial charge in [0, 0.05) is 30.8 Å². The topological polar surface area (TPSA) is 105 Å². The van der Waals surface area contributed by atoms with E-state index >= 15 is 0 Å². The number of rotatable bonds is 7. The van der Waals surface area contributed by atoms with Gasteiger partial charge in [-0.05, 0) is 51.8 Å². The smallest absolute Gasteiger partial charge is 0.270 e. The fourth-order valence-electron chi connectivity index (χ4n) is 3.17. The highest BCUT2D eigenvalue weighted by molar-refractivity contribution is 5.97. The number of nitro benzene ring substituents is 1. The molecule has 1 unspecified atom stereocenters. The molecule has 0 bridgehead atoms. The Balaban J connectivity index is 1.88. The Labute approximate surface area is 153 Å². The van der Waals surface area contributed by atoms with E-state index in [1.54, 1.807) is 11.8 Å². The van der Waals surface area contributed by atoms with Gasteiger partial charge in [-0.1, -0.05) is 6.07 Å². The molecule has 1 aromatic rings. The van der Waals surface area contributed by atoms with Gasteiger partial charge >= 0.3 is 0 Å². The molecule has 0 spiro atoms. The number of hydrogen-bond donors (Lipinski definition) is 2. The number of piperidine rings is 1. The van der Waals surface area contributed by atoms with Gasteiger partial charge in [0.25, 0.3) is 11.6 Å². The number of likely N-dealkylation sites (tertiary alicyclic amines) is 1. The standard InChI is InChI=1S/C18H26N4O4/c1-13(18(24)21-10-7-14(8-11-21)6-9-19-2)20-17(23)15-4-3-5-16(12-15)22(25)26/h3-5,12-14,19H,6-11H2,1-2H3,(H,20,23). The third-order valence-corrected chi connectivity index (χ3v) is 4.77. The van der Waals surface area contributed by atoms with E-state index < -0.39 is 16.9 Å². The summed E-state index contributed by atoms with van der Waals surface area (Å²) < 4.78 is 0. The summed E-state index contributed by atoms with van der Waals surface area (Å²) in [7, 11) is 1.93. The maximum absolute atomic E-state index is 12.6. The zero-order valence-electron chi connectivity index (χ0n) is 15.2. The summed E-state index contributed by atoms with van der Waals surface area (Å²) >= 11 is 0. The van der Waals surface area contributed by atoms with Crippen molar-refractivity contribution in [3.05, 3.63) is 39.9 Å². The van der Waals surface area contributed by atoms with E-state index in [1.807, 2.05) is 7.05 Å². The number of hydrogen-bond acceptors (Lipinski definition) is 5. The van der Waals surface area contributed by atoms with Crippen LogP contribution in [0.2, 0.25) is 0 Å². The van der Waals surface area contributed by atoms with E-state index in [0.717, 1.165) is 25.8 Å². The van der Waals surface area contributed by atoms with Crippen molar-refractivity contribution < 1.29 is 14.5 Å². The molecule has 8 heteroatoms. The third-order valence-electron chi connectivity index (χ3n) is 4.77. The monoisotopic (exact) mass is 362 g/mol. The number of amides is 2. The molecule has 0 aliphatic carbocycles. The predicted octanol–water partition coefficient (Wildman–Crippen LogP) is 1.56. The number of nitrogens with one attached hydrogen (secondary N) is 2. The van der Waals surface area contributed by atoms with Crippen LogP contribution in [-0.4, -0.2) is 54.4 Å². The lowest BCUT2D eigenvalue weighted by molar-refractivity contribution is -0.384. The van der Waals surface area contributed by atoms with Gasteiger partial charge in [-0.15, -0.1) is 0 Å². The molecule has 0 saturated carbocycles. The van der Waals surface area contributed by atoms with E-state index in [4.69, 9.17) is 0 Å². The minimum absolute atomic E-state index is 0.115. The summed E-state index contributed by atoms with van der Waals surface area (Å²) in [5.74, 6) is 0.0237. The average molecular weight is 362 g/mol. The molecule has 0 aromatic heterocycles.